The third kappa shape index (κ3) is 5.21. The molecule has 2 aromatic carbocycles. The summed E-state index contributed by atoms with van der Waals surface area (Å²) >= 11 is 0. The monoisotopic (exact) mass is 286 g/mol. The van der Waals surface area contributed by atoms with Crippen LogP contribution in [0.1, 0.15) is 30.1 Å². The molecule has 0 radical (unpaired) electrons. The van der Waals surface area contributed by atoms with Gasteiger partial charge in [-0.2, -0.15) is 0 Å². The number of benzene rings is 2. The third-order valence-corrected chi connectivity index (χ3v) is 3.34. The average Bonchev–Trinajstić information content (AvgIpc) is 2.54. The topological polar surface area (TPSA) is 38.7 Å². The quantitative estimate of drug-likeness (QED) is 0.752. The zero-order chi connectivity index (χ0) is 14.9. The normalized spacial score (nSPS) is 12.1. The molecular formula is C18H22O3. The molecule has 21 heavy (non-hydrogen) atoms. The Morgan fingerprint density at radius 3 is 2.38 bits per heavy atom. The molecule has 1 unspecified atom stereocenters. The molecule has 0 fully saturated rings. The summed E-state index contributed by atoms with van der Waals surface area (Å²) in [4.78, 5) is 0. The van der Waals surface area contributed by atoms with E-state index in [1.165, 1.54) is 0 Å². The number of rotatable bonds is 8. The zero-order valence-corrected chi connectivity index (χ0v) is 12.4. The van der Waals surface area contributed by atoms with Crippen LogP contribution in [-0.4, -0.2) is 18.8 Å². The summed E-state index contributed by atoms with van der Waals surface area (Å²) in [6, 6.07) is 17.7. The summed E-state index contributed by atoms with van der Waals surface area (Å²) in [5.41, 5.74) is 2.05. The van der Waals surface area contributed by atoms with Gasteiger partial charge in [-0.1, -0.05) is 42.5 Å². The molecule has 0 aromatic heterocycles. The number of methoxy groups -OCH3 is 1. The van der Waals surface area contributed by atoms with Crippen LogP contribution in [0, 0.1) is 0 Å². The van der Waals surface area contributed by atoms with Crippen LogP contribution >= 0.6 is 0 Å². The molecule has 0 saturated heterocycles. The molecule has 0 spiro atoms. The first kappa shape index (κ1) is 15.5. The minimum Gasteiger partial charge on any atom is -0.489 e. The number of ether oxygens (including phenoxy) is 2. The Labute approximate surface area is 126 Å². The maximum Gasteiger partial charge on any atom is 0.119 e. The van der Waals surface area contributed by atoms with E-state index in [9.17, 15) is 5.11 Å². The first-order chi connectivity index (χ1) is 10.3. The Bertz CT molecular complexity index is 508. The maximum absolute atomic E-state index is 10.0. The summed E-state index contributed by atoms with van der Waals surface area (Å²) < 4.78 is 10.7. The fourth-order valence-corrected chi connectivity index (χ4v) is 2.11. The highest BCUT2D eigenvalue weighted by Gasteiger charge is 2.07. The molecule has 2 aromatic rings. The summed E-state index contributed by atoms with van der Waals surface area (Å²) in [7, 11) is 1.67. The maximum atomic E-state index is 10.0. The fraction of sp³-hybridized carbons (Fsp3) is 0.333. The third-order valence-electron chi connectivity index (χ3n) is 3.34. The lowest BCUT2D eigenvalue weighted by atomic mass is 10.1. The Morgan fingerprint density at radius 1 is 1.00 bits per heavy atom. The minimum atomic E-state index is -0.441. The summed E-state index contributed by atoms with van der Waals surface area (Å²) in [5, 5.41) is 10.0. The van der Waals surface area contributed by atoms with Crippen molar-refractivity contribution < 1.29 is 14.6 Å². The Hall–Kier alpha value is -1.84. The van der Waals surface area contributed by atoms with Gasteiger partial charge in [-0.3, -0.25) is 0 Å². The van der Waals surface area contributed by atoms with Crippen LogP contribution in [0.25, 0.3) is 0 Å². The van der Waals surface area contributed by atoms with E-state index < -0.39 is 6.10 Å². The van der Waals surface area contributed by atoms with Gasteiger partial charge >= 0.3 is 0 Å². The molecule has 1 atom stereocenters. The van der Waals surface area contributed by atoms with Gasteiger partial charge in [-0.05, 0) is 36.1 Å². The minimum absolute atomic E-state index is 0.441. The van der Waals surface area contributed by atoms with Crippen molar-refractivity contribution in [2.75, 3.05) is 13.7 Å². The van der Waals surface area contributed by atoms with E-state index in [0.717, 1.165) is 23.3 Å². The van der Waals surface area contributed by atoms with Crippen LogP contribution < -0.4 is 4.74 Å². The number of aliphatic hydroxyl groups excluding tert-OH is 1. The lowest BCUT2D eigenvalue weighted by molar-refractivity contribution is 0.136. The van der Waals surface area contributed by atoms with E-state index in [-0.39, 0.29) is 0 Å². The van der Waals surface area contributed by atoms with Gasteiger partial charge in [0.05, 0.1) is 6.10 Å². The van der Waals surface area contributed by atoms with Crippen LogP contribution in [-0.2, 0) is 11.3 Å². The fourth-order valence-electron chi connectivity index (χ4n) is 2.11. The molecule has 0 amide bonds. The highest BCUT2D eigenvalue weighted by molar-refractivity contribution is 5.29. The lowest BCUT2D eigenvalue weighted by Gasteiger charge is -2.12. The molecule has 0 aliphatic rings. The van der Waals surface area contributed by atoms with E-state index in [1.807, 2.05) is 54.6 Å². The van der Waals surface area contributed by atoms with E-state index in [2.05, 4.69) is 0 Å². The molecule has 0 aliphatic heterocycles. The molecule has 0 aliphatic carbocycles. The standard InChI is InChI=1S/C18H22O3/c1-20-13-5-8-18(19)16-9-11-17(12-10-16)21-14-15-6-3-2-4-7-15/h2-4,6-7,9-12,18-19H,5,8,13-14H2,1H3. The SMILES string of the molecule is COCCCC(O)c1ccc(OCc2ccccc2)cc1. The lowest BCUT2D eigenvalue weighted by Crippen LogP contribution is -2.00. The largest absolute Gasteiger partial charge is 0.489 e. The highest BCUT2D eigenvalue weighted by atomic mass is 16.5. The summed E-state index contributed by atoms with van der Waals surface area (Å²) in [6.45, 7) is 1.23. The van der Waals surface area contributed by atoms with Crippen LogP contribution in [0.5, 0.6) is 5.75 Å². The molecule has 1 N–H and O–H groups in total. The Morgan fingerprint density at radius 2 is 1.71 bits per heavy atom. The van der Waals surface area contributed by atoms with Crippen molar-refractivity contribution in [3.63, 3.8) is 0 Å². The van der Waals surface area contributed by atoms with Gasteiger partial charge in [0, 0.05) is 13.7 Å². The van der Waals surface area contributed by atoms with Crippen molar-refractivity contribution in [2.45, 2.75) is 25.6 Å². The Kier molecular flexibility index (Phi) is 6.25. The predicted octanol–water partition coefficient (Wildman–Crippen LogP) is 3.73. The first-order valence-electron chi connectivity index (χ1n) is 7.23. The van der Waals surface area contributed by atoms with Crippen LogP contribution in [0.15, 0.2) is 54.6 Å². The smallest absolute Gasteiger partial charge is 0.119 e. The molecular weight excluding hydrogens is 264 g/mol. The van der Waals surface area contributed by atoms with Gasteiger partial charge in [-0.25, -0.2) is 0 Å². The molecule has 0 heterocycles. The van der Waals surface area contributed by atoms with Gasteiger partial charge in [0.15, 0.2) is 0 Å². The molecule has 0 saturated carbocycles. The van der Waals surface area contributed by atoms with E-state index >= 15 is 0 Å². The van der Waals surface area contributed by atoms with Gasteiger partial charge in [0.25, 0.3) is 0 Å². The second kappa shape index (κ2) is 8.45. The van der Waals surface area contributed by atoms with Crippen molar-refractivity contribution in [3.05, 3.63) is 65.7 Å². The van der Waals surface area contributed by atoms with Crippen molar-refractivity contribution in [1.29, 1.82) is 0 Å². The van der Waals surface area contributed by atoms with Crippen LogP contribution in [0.2, 0.25) is 0 Å². The van der Waals surface area contributed by atoms with Crippen LogP contribution in [0.4, 0.5) is 0 Å². The van der Waals surface area contributed by atoms with Gasteiger partial charge in [0.1, 0.15) is 12.4 Å². The second-order valence-electron chi connectivity index (χ2n) is 4.99. The van der Waals surface area contributed by atoms with Crippen molar-refractivity contribution in [1.82, 2.24) is 0 Å². The van der Waals surface area contributed by atoms with Gasteiger partial charge in [-0.15, -0.1) is 0 Å². The van der Waals surface area contributed by atoms with Gasteiger partial charge < -0.3 is 14.6 Å². The summed E-state index contributed by atoms with van der Waals surface area (Å²) in [5.74, 6) is 0.812. The average molecular weight is 286 g/mol. The number of hydrogen-bond donors (Lipinski definition) is 1. The molecule has 3 nitrogen and oxygen atoms in total. The van der Waals surface area contributed by atoms with Crippen molar-refractivity contribution in [2.24, 2.45) is 0 Å². The van der Waals surface area contributed by atoms with E-state index in [0.29, 0.717) is 19.6 Å². The summed E-state index contributed by atoms with van der Waals surface area (Å²) in [6.07, 6.45) is 1.12. The molecule has 3 heteroatoms. The van der Waals surface area contributed by atoms with E-state index in [1.54, 1.807) is 7.11 Å². The second-order valence-corrected chi connectivity index (χ2v) is 4.99. The van der Waals surface area contributed by atoms with Crippen molar-refractivity contribution in [3.8, 4) is 5.75 Å². The van der Waals surface area contributed by atoms with Crippen molar-refractivity contribution >= 4 is 0 Å². The Balaban J connectivity index is 1.84. The van der Waals surface area contributed by atoms with E-state index in [4.69, 9.17) is 9.47 Å². The molecule has 0 bridgehead atoms. The molecule has 112 valence electrons. The highest BCUT2D eigenvalue weighted by Crippen LogP contribution is 2.21. The van der Waals surface area contributed by atoms with Crippen LogP contribution in [0.3, 0.4) is 0 Å². The predicted molar refractivity (Wildman–Crippen MR) is 83.3 cm³/mol. The first-order valence-corrected chi connectivity index (χ1v) is 7.23. The molecule has 2 rings (SSSR count). The number of aliphatic hydroxyl groups is 1. The van der Waals surface area contributed by atoms with Gasteiger partial charge in [0.2, 0.25) is 0 Å². The number of hydrogen-bond acceptors (Lipinski definition) is 3. The zero-order valence-electron chi connectivity index (χ0n) is 12.4.